The van der Waals surface area contributed by atoms with Crippen LogP contribution < -0.4 is 26.4 Å². The molecule has 0 spiro atoms. The van der Waals surface area contributed by atoms with Crippen LogP contribution in [0.5, 0.6) is 5.75 Å². The summed E-state index contributed by atoms with van der Waals surface area (Å²) in [6, 6.07) is 9.00. The van der Waals surface area contributed by atoms with Gasteiger partial charge in [0.1, 0.15) is 23.5 Å². The molecule has 332 valence electrons. The number of hydrogen-bond acceptors (Lipinski definition) is 14. The monoisotopic (exact) mass is 940 g/mol. The van der Waals surface area contributed by atoms with Crippen LogP contribution in [-0.4, -0.2) is 121 Å². The number of amides is 3. The van der Waals surface area contributed by atoms with Crippen LogP contribution in [0.1, 0.15) is 88.9 Å². The first-order chi connectivity index (χ1) is 29.8. The molecular weight excluding hydrogens is 891 g/mol. The highest BCUT2D eigenvalue weighted by atomic mass is 79.9. The highest BCUT2D eigenvalue weighted by molar-refractivity contribution is 9.10. The second-order valence-corrected chi connectivity index (χ2v) is 18.9. The largest absolute Gasteiger partial charge is 0.490 e. The Morgan fingerprint density at radius 1 is 0.952 bits per heavy atom. The van der Waals surface area contributed by atoms with Crippen LogP contribution in [0.15, 0.2) is 47.1 Å². The van der Waals surface area contributed by atoms with Gasteiger partial charge in [0, 0.05) is 57.0 Å². The molecule has 62 heavy (non-hydrogen) atoms. The molecule has 4 heterocycles. The summed E-state index contributed by atoms with van der Waals surface area (Å²) in [5, 5.41) is 8.43. The quantitative estimate of drug-likeness (QED) is 0.0796. The summed E-state index contributed by atoms with van der Waals surface area (Å²) >= 11 is 3.37. The summed E-state index contributed by atoms with van der Waals surface area (Å²) in [6.07, 6.45) is 6.95. The molecule has 2 atom stereocenters. The minimum atomic E-state index is -3.51. The van der Waals surface area contributed by atoms with Gasteiger partial charge < -0.3 is 30.7 Å². The molecule has 20 heteroatoms. The zero-order chi connectivity index (χ0) is 44.0. The van der Waals surface area contributed by atoms with Gasteiger partial charge in [-0.15, -0.1) is 0 Å². The lowest BCUT2D eigenvalue weighted by molar-refractivity contribution is -0.137. The number of carbonyl (C=O) groups excluding carboxylic acids is 5. The van der Waals surface area contributed by atoms with Crippen LogP contribution in [0, 0.1) is 17.7 Å². The number of ether oxygens (including phenoxy) is 2. The lowest BCUT2D eigenvalue weighted by Gasteiger charge is -2.32. The molecule has 2 unspecified atom stereocenters. The van der Waals surface area contributed by atoms with Gasteiger partial charge in [0.15, 0.2) is 11.6 Å². The summed E-state index contributed by atoms with van der Waals surface area (Å²) in [6.45, 7) is 3.80. The molecule has 5 N–H and O–H groups in total. The topological polar surface area (TPSA) is 232 Å². The predicted octanol–water partition coefficient (Wildman–Crippen LogP) is 4.21. The Bertz CT molecular complexity index is 2300. The minimum Gasteiger partial charge on any atom is -0.490 e. The fraction of sp³-hybridized carbons (Fsp3) is 0.500. The number of fused-ring (bicyclic) bond motifs is 1. The molecular formula is C42H50BrFN8O9S. The second-order valence-electron chi connectivity index (χ2n) is 15.9. The van der Waals surface area contributed by atoms with Gasteiger partial charge in [-0.3, -0.25) is 29.3 Å². The molecule has 0 bridgehead atoms. The van der Waals surface area contributed by atoms with E-state index in [0.717, 1.165) is 57.8 Å². The highest BCUT2D eigenvalue weighted by Gasteiger charge is 2.49. The summed E-state index contributed by atoms with van der Waals surface area (Å²) < 4.78 is 54.4. The average Bonchev–Trinajstić information content (AvgIpc) is 3.49. The number of imide groups is 1. The SMILES string of the molecule is NC(=O)c1c(F)cccc1Nc1nc(NC2CCN(S(=O)(=O)CCOCCCCCN3CCC(Oc4cccc5c4C(=O)C(C4CCC(=O)NC4=O)C5=O)CC3)CC2)ncc1Br. The number of rotatable bonds is 18. The van der Waals surface area contributed by atoms with E-state index in [-0.39, 0.29) is 65.7 Å². The summed E-state index contributed by atoms with van der Waals surface area (Å²) in [5.41, 5.74) is 5.74. The molecule has 4 aliphatic rings. The third-order valence-electron chi connectivity index (χ3n) is 11.8. The number of halogens is 2. The van der Waals surface area contributed by atoms with Gasteiger partial charge in [-0.1, -0.05) is 18.2 Å². The number of hydrogen-bond donors (Lipinski definition) is 4. The Hall–Kier alpha value is -4.89. The molecule has 1 aromatic heterocycles. The Labute approximate surface area is 367 Å². The summed E-state index contributed by atoms with van der Waals surface area (Å²) in [4.78, 5) is 73.8. The first kappa shape index (κ1) is 45.1. The van der Waals surface area contributed by atoms with Crippen molar-refractivity contribution in [3.63, 3.8) is 0 Å². The molecule has 3 saturated heterocycles. The van der Waals surface area contributed by atoms with Gasteiger partial charge in [0.2, 0.25) is 27.8 Å². The van der Waals surface area contributed by atoms with Crippen molar-refractivity contribution in [2.45, 2.75) is 69.9 Å². The second kappa shape index (κ2) is 20.1. The number of primary amides is 1. The van der Waals surface area contributed by atoms with E-state index in [4.69, 9.17) is 15.2 Å². The fourth-order valence-corrected chi connectivity index (χ4v) is 10.1. The maximum Gasteiger partial charge on any atom is 0.253 e. The molecule has 1 aliphatic carbocycles. The zero-order valence-electron chi connectivity index (χ0n) is 34.1. The standard InChI is InChI=1S/C42H50BrFN8O9S/c43-29-24-46-42(50-40(29)48-31-8-5-7-30(44)36(31)39(45)56)47-25-12-19-52(20-13-25)62(58,59)23-22-60-21-3-1-2-16-51-17-14-26(15-18-51)61-32-9-4-6-27-34(32)38(55)35(37(27)54)28-10-11-33(53)49-41(28)57/h4-9,24-26,28,35H,1-3,10-23H2,(H2,45,56)(H,49,53,57)(H2,46,47,48,50). The van der Waals surface area contributed by atoms with Crippen molar-refractivity contribution in [2.75, 3.05) is 62.3 Å². The number of sulfonamides is 1. The number of unbranched alkanes of at least 4 members (excludes halogenated alkanes) is 2. The number of ketones is 2. The molecule has 3 fully saturated rings. The highest BCUT2D eigenvalue weighted by Crippen LogP contribution is 2.40. The Kier molecular flexibility index (Phi) is 14.6. The summed E-state index contributed by atoms with van der Waals surface area (Å²) in [5.74, 6) is -4.64. The van der Waals surface area contributed by atoms with Gasteiger partial charge in [0.25, 0.3) is 5.91 Å². The van der Waals surface area contributed by atoms with E-state index in [1.165, 1.54) is 22.6 Å². The van der Waals surface area contributed by atoms with E-state index in [1.54, 1.807) is 18.2 Å². The van der Waals surface area contributed by atoms with Crippen LogP contribution in [0.3, 0.4) is 0 Å². The zero-order valence-corrected chi connectivity index (χ0v) is 36.5. The number of aromatic nitrogens is 2. The van der Waals surface area contributed by atoms with Gasteiger partial charge in [-0.2, -0.15) is 4.98 Å². The minimum absolute atomic E-state index is 0.0833. The van der Waals surface area contributed by atoms with Crippen LogP contribution in [-0.2, 0) is 24.3 Å². The molecule has 2 aromatic carbocycles. The Morgan fingerprint density at radius 3 is 2.45 bits per heavy atom. The lowest BCUT2D eigenvalue weighted by atomic mass is 9.82. The Balaban J connectivity index is 0.757. The fourth-order valence-electron chi connectivity index (χ4n) is 8.46. The number of likely N-dealkylation sites (tertiary alicyclic amines) is 1. The molecule has 7 rings (SSSR count). The molecule has 0 saturated carbocycles. The van der Waals surface area contributed by atoms with Crippen molar-refractivity contribution in [1.29, 1.82) is 0 Å². The van der Waals surface area contributed by atoms with E-state index >= 15 is 0 Å². The third kappa shape index (κ3) is 10.6. The molecule has 17 nitrogen and oxygen atoms in total. The summed E-state index contributed by atoms with van der Waals surface area (Å²) in [7, 11) is -3.51. The number of carbonyl (C=O) groups is 5. The van der Waals surface area contributed by atoms with Crippen molar-refractivity contribution in [1.82, 2.24) is 24.5 Å². The molecule has 3 aromatic rings. The van der Waals surface area contributed by atoms with Crippen LogP contribution in [0.25, 0.3) is 0 Å². The van der Waals surface area contributed by atoms with E-state index < -0.39 is 57.0 Å². The number of anilines is 3. The van der Waals surface area contributed by atoms with Crippen LogP contribution >= 0.6 is 15.9 Å². The molecule has 3 aliphatic heterocycles. The number of Topliss-reactive ketones (excluding diaryl/α,β-unsaturated/α-hetero) is 2. The van der Waals surface area contributed by atoms with Crippen molar-refractivity contribution in [3.8, 4) is 5.75 Å². The van der Waals surface area contributed by atoms with Gasteiger partial charge in [-0.25, -0.2) is 22.1 Å². The van der Waals surface area contributed by atoms with E-state index in [1.807, 2.05) is 0 Å². The third-order valence-corrected chi connectivity index (χ3v) is 14.2. The Morgan fingerprint density at radius 2 is 1.71 bits per heavy atom. The number of piperidine rings is 3. The van der Waals surface area contributed by atoms with Crippen molar-refractivity contribution >= 4 is 72.7 Å². The maximum absolute atomic E-state index is 14.3. The van der Waals surface area contributed by atoms with Crippen LogP contribution in [0.2, 0.25) is 0 Å². The predicted molar refractivity (Wildman–Crippen MR) is 229 cm³/mol. The lowest BCUT2D eigenvalue weighted by Crippen LogP contribution is -2.46. The first-order valence-electron chi connectivity index (χ1n) is 20.9. The average molecular weight is 942 g/mol. The smallest absolute Gasteiger partial charge is 0.253 e. The first-order valence-corrected chi connectivity index (χ1v) is 23.3. The van der Waals surface area contributed by atoms with Crippen molar-refractivity contribution in [3.05, 3.63) is 69.6 Å². The van der Waals surface area contributed by atoms with Crippen molar-refractivity contribution in [2.24, 2.45) is 17.6 Å². The number of nitrogens with zero attached hydrogens (tertiary/aromatic N) is 4. The number of nitrogens with two attached hydrogens (primary N) is 1. The number of benzene rings is 2. The molecule has 0 radical (unpaired) electrons. The van der Waals surface area contributed by atoms with Gasteiger partial charge in [0.05, 0.1) is 45.5 Å². The van der Waals surface area contributed by atoms with E-state index in [9.17, 15) is 36.8 Å². The van der Waals surface area contributed by atoms with Gasteiger partial charge in [-0.05, 0) is 92.0 Å². The van der Waals surface area contributed by atoms with E-state index in [0.29, 0.717) is 48.6 Å². The maximum atomic E-state index is 14.3. The van der Waals surface area contributed by atoms with Crippen LogP contribution in [0.4, 0.5) is 21.8 Å². The normalized spacial score (nSPS) is 20.5. The van der Waals surface area contributed by atoms with Gasteiger partial charge >= 0.3 is 0 Å². The van der Waals surface area contributed by atoms with Crippen molar-refractivity contribution < 1.29 is 46.3 Å². The van der Waals surface area contributed by atoms with E-state index in [2.05, 4.69) is 46.7 Å². The number of nitrogens with one attached hydrogen (secondary N) is 3. The molecule has 3 amide bonds.